The van der Waals surface area contributed by atoms with E-state index in [1.54, 1.807) is 18.2 Å². The lowest BCUT2D eigenvalue weighted by atomic mass is 10.1. The smallest absolute Gasteiger partial charge is 0.235 e. The summed E-state index contributed by atoms with van der Waals surface area (Å²) in [6.07, 6.45) is 0.603. The summed E-state index contributed by atoms with van der Waals surface area (Å²) in [5.41, 5.74) is 2.01. The molecule has 114 valence electrons. The van der Waals surface area contributed by atoms with Crippen LogP contribution in [-0.4, -0.2) is 23.9 Å². The van der Waals surface area contributed by atoms with E-state index < -0.39 is 0 Å². The van der Waals surface area contributed by atoms with Crippen LogP contribution in [-0.2, 0) is 11.2 Å². The molecule has 0 bridgehead atoms. The van der Waals surface area contributed by atoms with Crippen molar-refractivity contribution < 1.29 is 4.79 Å². The van der Waals surface area contributed by atoms with Crippen molar-refractivity contribution in [1.82, 2.24) is 10.2 Å². The number of carbonyl (C=O) groups excluding carboxylic acids is 1. The topological polar surface area (TPSA) is 32.3 Å². The second kappa shape index (κ2) is 6.69. The summed E-state index contributed by atoms with van der Waals surface area (Å²) in [5, 5.41) is 4.10. The third-order valence-corrected chi connectivity index (χ3v) is 4.47. The average Bonchev–Trinajstić information content (AvgIpc) is 2.87. The molecule has 1 N–H and O–H groups in total. The van der Waals surface area contributed by atoms with Gasteiger partial charge in [0.1, 0.15) is 6.17 Å². The van der Waals surface area contributed by atoms with Gasteiger partial charge in [0, 0.05) is 22.2 Å². The Morgan fingerprint density at radius 2 is 1.73 bits per heavy atom. The van der Waals surface area contributed by atoms with Crippen LogP contribution < -0.4 is 5.32 Å². The third kappa shape index (κ3) is 3.27. The van der Waals surface area contributed by atoms with Gasteiger partial charge in [-0.05, 0) is 24.1 Å². The average molecular weight is 335 g/mol. The number of hydrogen-bond donors (Lipinski definition) is 1. The van der Waals surface area contributed by atoms with Gasteiger partial charge in [0.25, 0.3) is 0 Å². The Labute approximate surface area is 139 Å². The van der Waals surface area contributed by atoms with Crippen LogP contribution in [0.3, 0.4) is 0 Å². The summed E-state index contributed by atoms with van der Waals surface area (Å²) in [4.78, 5) is 13.9. The van der Waals surface area contributed by atoms with Crippen LogP contribution in [0.2, 0.25) is 10.0 Å². The molecule has 3 rings (SSSR count). The molecule has 1 aliphatic heterocycles. The first-order valence-corrected chi connectivity index (χ1v) is 7.92. The van der Waals surface area contributed by atoms with Crippen molar-refractivity contribution >= 4 is 29.1 Å². The molecule has 1 aliphatic rings. The van der Waals surface area contributed by atoms with E-state index in [2.05, 4.69) is 22.3 Å². The number of amides is 1. The summed E-state index contributed by atoms with van der Waals surface area (Å²) < 4.78 is 0. The fourth-order valence-electron chi connectivity index (χ4n) is 2.72. The molecule has 2 aromatic carbocycles. The SMILES string of the molecule is O=C1CN(CCc2ccccc2)C(c2c(Cl)cccc2Cl)N1. The van der Waals surface area contributed by atoms with E-state index in [0.29, 0.717) is 16.6 Å². The van der Waals surface area contributed by atoms with Crippen LogP contribution in [0.5, 0.6) is 0 Å². The van der Waals surface area contributed by atoms with Gasteiger partial charge in [-0.1, -0.05) is 59.6 Å². The summed E-state index contributed by atoms with van der Waals surface area (Å²) in [7, 11) is 0. The lowest BCUT2D eigenvalue weighted by Gasteiger charge is -2.25. The van der Waals surface area contributed by atoms with Gasteiger partial charge in [0.15, 0.2) is 0 Å². The number of benzene rings is 2. The molecule has 1 heterocycles. The normalized spacial score (nSPS) is 18.5. The fourth-order valence-corrected chi connectivity index (χ4v) is 3.32. The number of hydrogen-bond acceptors (Lipinski definition) is 2. The number of nitrogens with zero attached hydrogens (tertiary/aromatic N) is 1. The van der Waals surface area contributed by atoms with E-state index >= 15 is 0 Å². The molecular weight excluding hydrogens is 319 g/mol. The van der Waals surface area contributed by atoms with Crippen molar-refractivity contribution in [3.63, 3.8) is 0 Å². The van der Waals surface area contributed by atoms with E-state index in [-0.39, 0.29) is 12.1 Å². The standard InChI is InChI=1S/C17H16Cl2N2O/c18-13-7-4-8-14(19)16(13)17-20-15(22)11-21(17)10-9-12-5-2-1-3-6-12/h1-8,17H,9-11H2,(H,20,22). The molecule has 3 nitrogen and oxygen atoms in total. The van der Waals surface area contributed by atoms with Gasteiger partial charge in [-0.15, -0.1) is 0 Å². The van der Waals surface area contributed by atoms with Crippen LogP contribution in [0, 0.1) is 0 Å². The Morgan fingerprint density at radius 1 is 1.05 bits per heavy atom. The highest BCUT2D eigenvalue weighted by Gasteiger charge is 2.33. The first-order chi connectivity index (χ1) is 10.6. The van der Waals surface area contributed by atoms with Gasteiger partial charge >= 0.3 is 0 Å². The Balaban J connectivity index is 1.79. The minimum absolute atomic E-state index is 0.00551. The minimum Gasteiger partial charge on any atom is -0.335 e. The largest absolute Gasteiger partial charge is 0.335 e. The molecule has 1 fully saturated rings. The quantitative estimate of drug-likeness (QED) is 0.925. The molecule has 0 radical (unpaired) electrons. The Bertz CT molecular complexity index is 655. The second-order valence-corrected chi connectivity index (χ2v) is 6.13. The van der Waals surface area contributed by atoms with E-state index in [4.69, 9.17) is 23.2 Å². The van der Waals surface area contributed by atoms with Gasteiger partial charge < -0.3 is 5.32 Å². The van der Waals surface area contributed by atoms with Crippen LogP contribution in [0.15, 0.2) is 48.5 Å². The molecule has 5 heteroatoms. The maximum absolute atomic E-state index is 11.8. The van der Waals surface area contributed by atoms with Crippen LogP contribution in [0.1, 0.15) is 17.3 Å². The van der Waals surface area contributed by atoms with Crippen molar-refractivity contribution in [3.05, 3.63) is 69.7 Å². The van der Waals surface area contributed by atoms with E-state index in [9.17, 15) is 4.79 Å². The van der Waals surface area contributed by atoms with Gasteiger partial charge in [-0.3, -0.25) is 9.69 Å². The second-order valence-electron chi connectivity index (χ2n) is 5.31. The fraction of sp³-hybridized carbons (Fsp3) is 0.235. The van der Waals surface area contributed by atoms with Gasteiger partial charge in [-0.25, -0.2) is 0 Å². The molecule has 22 heavy (non-hydrogen) atoms. The highest BCUT2D eigenvalue weighted by atomic mass is 35.5. The van der Waals surface area contributed by atoms with Gasteiger partial charge in [-0.2, -0.15) is 0 Å². The molecule has 1 saturated heterocycles. The lowest BCUT2D eigenvalue weighted by Crippen LogP contribution is -2.30. The van der Waals surface area contributed by atoms with Crippen molar-refractivity contribution in [2.24, 2.45) is 0 Å². The monoisotopic (exact) mass is 334 g/mol. The van der Waals surface area contributed by atoms with Crippen molar-refractivity contribution in [2.75, 3.05) is 13.1 Å². The zero-order valence-electron chi connectivity index (χ0n) is 11.9. The van der Waals surface area contributed by atoms with Gasteiger partial charge in [0.2, 0.25) is 5.91 Å². The minimum atomic E-state index is -0.266. The Kier molecular flexibility index (Phi) is 4.67. The molecule has 0 aromatic heterocycles. The number of carbonyl (C=O) groups is 1. The third-order valence-electron chi connectivity index (χ3n) is 3.81. The lowest BCUT2D eigenvalue weighted by molar-refractivity contribution is -0.118. The predicted octanol–water partition coefficient (Wildman–Crippen LogP) is 3.67. The zero-order valence-corrected chi connectivity index (χ0v) is 13.4. The van der Waals surface area contributed by atoms with Crippen LogP contribution in [0.4, 0.5) is 0 Å². The summed E-state index contributed by atoms with van der Waals surface area (Å²) in [6.45, 7) is 1.12. The van der Waals surface area contributed by atoms with Crippen molar-refractivity contribution in [1.29, 1.82) is 0 Å². The van der Waals surface area contributed by atoms with Crippen LogP contribution >= 0.6 is 23.2 Å². The maximum Gasteiger partial charge on any atom is 0.235 e. The zero-order chi connectivity index (χ0) is 15.5. The summed E-state index contributed by atoms with van der Waals surface area (Å²) in [5.74, 6) is -0.00551. The summed E-state index contributed by atoms with van der Waals surface area (Å²) in [6, 6.07) is 15.6. The molecule has 1 atom stereocenters. The number of nitrogens with one attached hydrogen (secondary N) is 1. The van der Waals surface area contributed by atoms with E-state index in [0.717, 1.165) is 18.5 Å². The number of halogens is 2. The van der Waals surface area contributed by atoms with Crippen molar-refractivity contribution in [2.45, 2.75) is 12.6 Å². The van der Waals surface area contributed by atoms with Gasteiger partial charge in [0.05, 0.1) is 6.54 Å². The molecule has 0 aliphatic carbocycles. The highest BCUT2D eigenvalue weighted by Crippen LogP contribution is 2.34. The van der Waals surface area contributed by atoms with E-state index in [1.165, 1.54) is 5.56 Å². The first kappa shape index (κ1) is 15.3. The molecule has 0 spiro atoms. The van der Waals surface area contributed by atoms with Crippen LogP contribution in [0.25, 0.3) is 0 Å². The number of rotatable bonds is 4. The molecule has 0 saturated carbocycles. The molecule has 2 aromatic rings. The van der Waals surface area contributed by atoms with Crippen molar-refractivity contribution in [3.8, 4) is 0 Å². The Morgan fingerprint density at radius 3 is 2.41 bits per heavy atom. The van der Waals surface area contributed by atoms with E-state index in [1.807, 2.05) is 18.2 Å². The molecular formula is C17H16Cl2N2O. The first-order valence-electron chi connectivity index (χ1n) is 7.16. The highest BCUT2D eigenvalue weighted by molar-refractivity contribution is 6.36. The Hall–Kier alpha value is -1.55. The maximum atomic E-state index is 11.8. The molecule has 1 amide bonds. The predicted molar refractivity (Wildman–Crippen MR) is 89.1 cm³/mol. The molecule has 1 unspecified atom stereocenters. The summed E-state index contributed by atoms with van der Waals surface area (Å²) >= 11 is 12.6.